The van der Waals surface area contributed by atoms with Crippen LogP contribution in [0.1, 0.15) is 24.0 Å². The van der Waals surface area contributed by atoms with Crippen LogP contribution in [-0.4, -0.2) is 54.8 Å². The van der Waals surface area contributed by atoms with Gasteiger partial charge in [0, 0.05) is 26.1 Å². The van der Waals surface area contributed by atoms with E-state index < -0.39 is 6.10 Å². The lowest BCUT2D eigenvalue weighted by atomic mass is 10.0. The first-order chi connectivity index (χ1) is 14.1. The number of aryl methyl sites for hydroxylation is 1. The fourth-order valence-electron chi connectivity index (χ4n) is 3.55. The van der Waals surface area contributed by atoms with E-state index in [0.29, 0.717) is 25.8 Å². The number of carbonyl (C=O) groups is 1. The van der Waals surface area contributed by atoms with Gasteiger partial charge in [0.15, 0.2) is 0 Å². The Morgan fingerprint density at radius 2 is 1.97 bits per heavy atom. The normalized spacial score (nSPS) is 19.9. The number of hydrogen-bond acceptors (Lipinski definition) is 4. The second-order valence-corrected chi connectivity index (χ2v) is 7.45. The van der Waals surface area contributed by atoms with Crippen LogP contribution in [-0.2, 0) is 11.2 Å². The van der Waals surface area contributed by atoms with Crippen molar-refractivity contribution >= 4 is 12.0 Å². The number of benzene rings is 2. The summed E-state index contributed by atoms with van der Waals surface area (Å²) in [6.07, 6.45) is 5.49. The molecule has 0 spiro atoms. The van der Waals surface area contributed by atoms with Gasteiger partial charge in [0.05, 0.1) is 19.3 Å². The smallest absolute Gasteiger partial charge is 0.220 e. The van der Waals surface area contributed by atoms with E-state index in [1.807, 2.05) is 42.5 Å². The SMILES string of the molecule is COc1ccc(CCC(=O)N[C@@H]2CN(CC=Cc3ccccc3)CC[C@@H]2O)cc1. The molecule has 154 valence electrons. The summed E-state index contributed by atoms with van der Waals surface area (Å²) in [4.78, 5) is 14.6. The minimum absolute atomic E-state index is 0.0217. The fourth-order valence-corrected chi connectivity index (χ4v) is 3.55. The third-order valence-electron chi connectivity index (χ3n) is 5.28. The van der Waals surface area contributed by atoms with E-state index >= 15 is 0 Å². The van der Waals surface area contributed by atoms with Crippen LogP contribution < -0.4 is 10.1 Å². The van der Waals surface area contributed by atoms with E-state index in [0.717, 1.165) is 24.4 Å². The molecule has 2 aromatic carbocycles. The quantitative estimate of drug-likeness (QED) is 0.723. The molecule has 1 heterocycles. The van der Waals surface area contributed by atoms with Crippen molar-refractivity contribution in [2.45, 2.75) is 31.4 Å². The molecule has 5 nitrogen and oxygen atoms in total. The summed E-state index contributed by atoms with van der Waals surface area (Å²) >= 11 is 0. The number of aliphatic hydroxyl groups is 1. The maximum absolute atomic E-state index is 12.4. The van der Waals surface area contributed by atoms with Crippen LogP contribution in [0, 0.1) is 0 Å². The minimum Gasteiger partial charge on any atom is -0.497 e. The fraction of sp³-hybridized carbons (Fsp3) is 0.375. The highest BCUT2D eigenvalue weighted by Crippen LogP contribution is 2.14. The number of piperidine rings is 1. The van der Waals surface area contributed by atoms with Crippen LogP contribution in [0.5, 0.6) is 5.75 Å². The summed E-state index contributed by atoms with van der Waals surface area (Å²) in [5, 5.41) is 13.3. The molecule has 2 atom stereocenters. The largest absolute Gasteiger partial charge is 0.497 e. The summed E-state index contributed by atoms with van der Waals surface area (Å²) in [5.41, 5.74) is 2.27. The molecule has 0 saturated carbocycles. The van der Waals surface area contributed by atoms with E-state index in [9.17, 15) is 9.90 Å². The molecule has 3 rings (SSSR count). The van der Waals surface area contributed by atoms with Crippen LogP contribution in [0.25, 0.3) is 6.08 Å². The molecule has 1 aliphatic rings. The summed E-state index contributed by atoms with van der Waals surface area (Å²) in [6, 6.07) is 17.7. The molecule has 0 radical (unpaired) electrons. The molecule has 0 bridgehead atoms. The first-order valence-corrected chi connectivity index (χ1v) is 10.2. The van der Waals surface area contributed by atoms with E-state index in [1.165, 1.54) is 5.56 Å². The monoisotopic (exact) mass is 394 g/mol. The van der Waals surface area contributed by atoms with Gasteiger partial charge in [0.2, 0.25) is 5.91 Å². The second-order valence-electron chi connectivity index (χ2n) is 7.45. The Morgan fingerprint density at radius 3 is 2.69 bits per heavy atom. The van der Waals surface area contributed by atoms with Crippen molar-refractivity contribution in [2.75, 3.05) is 26.7 Å². The lowest BCUT2D eigenvalue weighted by Crippen LogP contribution is -2.55. The lowest BCUT2D eigenvalue weighted by molar-refractivity contribution is -0.123. The number of methoxy groups -OCH3 is 1. The average molecular weight is 395 g/mol. The molecule has 2 aromatic rings. The Bertz CT molecular complexity index is 790. The van der Waals surface area contributed by atoms with Crippen LogP contribution >= 0.6 is 0 Å². The Hall–Kier alpha value is -2.63. The molecule has 0 aromatic heterocycles. The van der Waals surface area contributed by atoms with Gasteiger partial charge in [0.1, 0.15) is 5.75 Å². The van der Waals surface area contributed by atoms with Crippen molar-refractivity contribution in [1.82, 2.24) is 10.2 Å². The second kappa shape index (κ2) is 10.8. The number of carbonyl (C=O) groups excluding carboxylic acids is 1. The van der Waals surface area contributed by atoms with E-state index in [2.05, 4.69) is 34.5 Å². The predicted octanol–water partition coefficient (Wildman–Crippen LogP) is 2.89. The summed E-state index contributed by atoms with van der Waals surface area (Å²) in [6.45, 7) is 2.30. The van der Waals surface area contributed by atoms with Crippen LogP contribution in [0.4, 0.5) is 0 Å². The van der Waals surface area contributed by atoms with Gasteiger partial charge in [-0.15, -0.1) is 0 Å². The van der Waals surface area contributed by atoms with Crippen molar-refractivity contribution in [3.8, 4) is 5.75 Å². The molecule has 1 amide bonds. The highest BCUT2D eigenvalue weighted by atomic mass is 16.5. The average Bonchev–Trinajstić information content (AvgIpc) is 2.75. The minimum atomic E-state index is -0.491. The van der Waals surface area contributed by atoms with Crippen LogP contribution in [0.3, 0.4) is 0 Å². The maximum Gasteiger partial charge on any atom is 0.220 e. The molecule has 0 unspecified atom stereocenters. The van der Waals surface area contributed by atoms with Gasteiger partial charge in [-0.3, -0.25) is 9.69 Å². The molecule has 2 N–H and O–H groups in total. The number of rotatable bonds is 8. The number of nitrogens with zero attached hydrogens (tertiary/aromatic N) is 1. The van der Waals surface area contributed by atoms with Gasteiger partial charge in [-0.25, -0.2) is 0 Å². The standard InChI is InChI=1S/C24H30N2O3/c1-29-21-12-9-20(10-13-21)11-14-24(28)25-22-18-26(17-15-23(22)27)16-5-8-19-6-3-2-4-7-19/h2-10,12-13,22-23,27H,11,14-18H2,1H3,(H,25,28)/t22-,23+/m1/s1. The van der Waals surface area contributed by atoms with Gasteiger partial charge in [-0.2, -0.15) is 0 Å². The molecule has 0 aliphatic carbocycles. The van der Waals surface area contributed by atoms with Crippen molar-refractivity contribution in [1.29, 1.82) is 0 Å². The van der Waals surface area contributed by atoms with Gasteiger partial charge in [-0.1, -0.05) is 54.6 Å². The van der Waals surface area contributed by atoms with Crippen molar-refractivity contribution in [3.05, 3.63) is 71.8 Å². The number of aliphatic hydroxyl groups excluding tert-OH is 1. The third-order valence-corrected chi connectivity index (χ3v) is 5.28. The first-order valence-electron chi connectivity index (χ1n) is 10.2. The Kier molecular flexibility index (Phi) is 7.85. The van der Waals surface area contributed by atoms with Crippen molar-refractivity contribution in [3.63, 3.8) is 0 Å². The highest BCUT2D eigenvalue weighted by molar-refractivity contribution is 5.76. The van der Waals surface area contributed by atoms with E-state index in [-0.39, 0.29) is 11.9 Å². The zero-order chi connectivity index (χ0) is 20.5. The topological polar surface area (TPSA) is 61.8 Å². The summed E-state index contributed by atoms with van der Waals surface area (Å²) in [7, 11) is 1.64. The first kappa shape index (κ1) is 21.1. The third kappa shape index (κ3) is 6.73. The maximum atomic E-state index is 12.4. The van der Waals surface area contributed by atoms with Crippen molar-refractivity contribution in [2.24, 2.45) is 0 Å². The number of likely N-dealkylation sites (tertiary alicyclic amines) is 1. The zero-order valence-corrected chi connectivity index (χ0v) is 17.0. The molecule has 29 heavy (non-hydrogen) atoms. The van der Waals surface area contributed by atoms with Gasteiger partial charge < -0.3 is 15.2 Å². The zero-order valence-electron chi connectivity index (χ0n) is 17.0. The Balaban J connectivity index is 1.44. The van der Waals surface area contributed by atoms with Crippen molar-refractivity contribution < 1.29 is 14.6 Å². The summed E-state index contributed by atoms with van der Waals surface area (Å²) in [5.74, 6) is 0.788. The van der Waals surface area contributed by atoms with E-state index in [4.69, 9.17) is 4.74 Å². The lowest BCUT2D eigenvalue weighted by Gasteiger charge is -2.36. The highest BCUT2D eigenvalue weighted by Gasteiger charge is 2.28. The van der Waals surface area contributed by atoms with Gasteiger partial charge in [0.25, 0.3) is 0 Å². The summed E-state index contributed by atoms with van der Waals surface area (Å²) < 4.78 is 5.15. The molecule has 1 aliphatic heterocycles. The molecule has 1 fully saturated rings. The Morgan fingerprint density at radius 1 is 1.21 bits per heavy atom. The number of hydrogen-bond donors (Lipinski definition) is 2. The van der Waals surface area contributed by atoms with E-state index in [1.54, 1.807) is 7.11 Å². The number of ether oxygens (including phenoxy) is 1. The molecular weight excluding hydrogens is 364 g/mol. The molecule has 5 heteroatoms. The van der Waals surface area contributed by atoms with Crippen LogP contribution in [0.15, 0.2) is 60.7 Å². The van der Waals surface area contributed by atoms with Crippen LogP contribution in [0.2, 0.25) is 0 Å². The Labute approximate surface area is 173 Å². The van der Waals surface area contributed by atoms with Gasteiger partial charge in [-0.05, 0) is 36.1 Å². The number of nitrogens with one attached hydrogen (secondary N) is 1. The molecule has 1 saturated heterocycles. The predicted molar refractivity (Wildman–Crippen MR) is 116 cm³/mol. The molecular formula is C24H30N2O3. The van der Waals surface area contributed by atoms with Gasteiger partial charge >= 0.3 is 0 Å². The number of amides is 1.